The van der Waals surface area contributed by atoms with E-state index in [0.717, 1.165) is 17.8 Å². The predicted octanol–water partition coefficient (Wildman–Crippen LogP) is 3.29. The zero-order valence-corrected chi connectivity index (χ0v) is 18.6. The van der Waals surface area contributed by atoms with Crippen LogP contribution < -0.4 is 14.4 Å². The first-order valence-corrected chi connectivity index (χ1v) is 12.4. The van der Waals surface area contributed by atoms with Gasteiger partial charge < -0.3 is 10.1 Å². The number of hydrogen-bond donors (Lipinski definition) is 1. The van der Waals surface area contributed by atoms with Gasteiger partial charge in [0.15, 0.2) is 0 Å². The number of thioether (sulfide) groups is 1. The second-order valence-corrected chi connectivity index (χ2v) is 9.47. The van der Waals surface area contributed by atoms with Crippen LogP contribution in [0.2, 0.25) is 0 Å². The Labute approximate surface area is 177 Å². The van der Waals surface area contributed by atoms with E-state index in [0.29, 0.717) is 24.4 Å². The van der Waals surface area contributed by atoms with E-state index in [1.807, 2.05) is 18.2 Å². The van der Waals surface area contributed by atoms with Gasteiger partial charge in [-0.1, -0.05) is 37.3 Å². The third kappa shape index (κ3) is 6.97. The van der Waals surface area contributed by atoms with Crippen LogP contribution in [0.5, 0.6) is 5.75 Å². The van der Waals surface area contributed by atoms with Crippen LogP contribution in [0.15, 0.2) is 54.6 Å². The lowest BCUT2D eigenvalue weighted by molar-refractivity contribution is -0.122. The van der Waals surface area contributed by atoms with Gasteiger partial charge in [0.05, 0.1) is 19.1 Å². The first kappa shape index (κ1) is 23.1. The smallest absolute Gasteiger partial charge is 0.243 e. The molecule has 0 heterocycles. The van der Waals surface area contributed by atoms with Gasteiger partial charge in [-0.15, -0.1) is 0 Å². The van der Waals surface area contributed by atoms with Crippen LogP contribution in [0, 0.1) is 0 Å². The van der Waals surface area contributed by atoms with Gasteiger partial charge in [0.1, 0.15) is 11.8 Å². The molecule has 6 nitrogen and oxygen atoms in total. The Morgan fingerprint density at radius 2 is 1.79 bits per heavy atom. The third-order valence-electron chi connectivity index (χ3n) is 4.31. The molecule has 0 aromatic heterocycles. The Kier molecular flexibility index (Phi) is 8.85. The molecule has 0 saturated carbocycles. The molecule has 1 amide bonds. The summed E-state index contributed by atoms with van der Waals surface area (Å²) < 4.78 is 31.2. The molecule has 0 spiro atoms. The number of sulfonamides is 1. The van der Waals surface area contributed by atoms with E-state index in [1.165, 1.54) is 9.87 Å². The van der Waals surface area contributed by atoms with Crippen molar-refractivity contribution in [2.75, 3.05) is 30.0 Å². The molecule has 0 aliphatic carbocycles. The van der Waals surface area contributed by atoms with E-state index in [4.69, 9.17) is 4.74 Å². The van der Waals surface area contributed by atoms with Crippen LogP contribution in [0.1, 0.15) is 18.9 Å². The standard InChI is InChI=1S/C21H28N2O4S2/c1-4-20(21(24)22-14-15-28-16-17-8-6-5-7-9-17)23(29(3,25)26)18-10-12-19(27-2)13-11-18/h5-13,20H,4,14-16H2,1-3H3,(H,22,24)/t20-/m1/s1. The molecule has 0 unspecified atom stereocenters. The normalized spacial score (nSPS) is 12.2. The lowest BCUT2D eigenvalue weighted by Gasteiger charge is -2.30. The van der Waals surface area contributed by atoms with Gasteiger partial charge in [0, 0.05) is 18.1 Å². The minimum Gasteiger partial charge on any atom is -0.497 e. The van der Waals surface area contributed by atoms with Crippen LogP contribution in [0.4, 0.5) is 5.69 Å². The van der Waals surface area contributed by atoms with Gasteiger partial charge >= 0.3 is 0 Å². The third-order valence-corrected chi connectivity index (χ3v) is 6.52. The van der Waals surface area contributed by atoms with Crippen LogP contribution in [0.25, 0.3) is 0 Å². The van der Waals surface area contributed by atoms with Gasteiger partial charge in [-0.05, 0) is 36.2 Å². The maximum atomic E-state index is 12.7. The van der Waals surface area contributed by atoms with E-state index >= 15 is 0 Å². The molecular formula is C21H28N2O4S2. The fraction of sp³-hybridized carbons (Fsp3) is 0.381. The number of nitrogens with zero attached hydrogens (tertiary/aromatic N) is 1. The van der Waals surface area contributed by atoms with Crippen molar-refractivity contribution >= 4 is 33.4 Å². The average Bonchev–Trinajstić information content (AvgIpc) is 2.71. The SMILES string of the molecule is CC[C@H](C(=O)NCCSCc1ccccc1)N(c1ccc(OC)cc1)S(C)(=O)=O. The number of methoxy groups -OCH3 is 1. The van der Waals surface area contributed by atoms with Crippen LogP contribution >= 0.6 is 11.8 Å². The first-order chi connectivity index (χ1) is 13.9. The number of ether oxygens (including phenoxy) is 1. The Bertz CT molecular complexity index is 871. The molecule has 0 aliphatic rings. The number of carbonyl (C=O) groups excluding carboxylic acids is 1. The van der Waals surface area contributed by atoms with Gasteiger partial charge in [-0.3, -0.25) is 9.10 Å². The van der Waals surface area contributed by atoms with E-state index in [1.54, 1.807) is 50.1 Å². The second kappa shape index (κ2) is 11.1. The molecule has 2 aromatic rings. The summed E-state index contributed by atoms with van der Waals surface area (Å²) in [4.78, 5) is 12.7. The Morgan fingerprint density at radius 1 is 1.14 bits per heavy atom. The summed E-state index contributed by atoms with van der Waals surface area (Å²) in [6, 6.07) is 16.0. The molecule has 1 N–H and O–H groups in total. The fourth-order valence-corrected chi connectivity index (χ4v) is 4.95. The highest BCUT2D eigenvalue weighted by atomic mass is 32.2. The molecule has 29 heavy (non-hydrogen) atoms. The summed E-state index contributed by atoms with van der Waals surface area (Å²) in [6.07, 6.45) is 1.48. The molecule has 2 rings (SSSR count). The number of carbonyl (C=O) groups is 1. The molecule has 158 valence electrons. The Morgan fingerprint density at radius 3 is 2.34 bits per heavy atom. The maximum Gasteiger partial charge on any atom is 0.243 e. The largest absolute Gasteiger partial charge is 0.497 e. The van der Waals surface area contributed by atoms with E-state index in [2.05, 4.69) is 17.4 Å². The minimum atomic E-state index is -3.64. The topological polar surface area (TPSA) is 75.7 Å². The highest BCUT2D eigenvalue weighted by molar-refractivity contribution is 7.98. The van der Waals surface area contributed by atoms with Crippen LogP contribution in [0.3, 0.4) is 0 Å². The van der Waals surface area contributed by atoms with Crippen LogP contribution in [-0.4, -0.2) is 46.0 Å². The lowest BCUT2D eigenvalue weighted by atomic mass is 10.2. The van der Waals surface area contributed by atoms with Crippen molar-refractivity contribution in [2.45, 2.75) is 25.1 Å². The summed E-state index contributed by atoms with van der Waals surface area (Å²) in [5, 5.41) is 2.87. The Balaban J connectivity index is 1.98. The van der Waals surface area contributed by atoms with Crippen molar-refractivity contribution in [1.82, 2.24) is 5.32 Å². The monoisotopic (exact) mass is 436 g/mol. The van der Waals surface area contributed by atoms with Crippen molar-refractivity contribution in [3.8, 4) is 5.75 Å². The highest BCUT2D eigenvalue weighted by Crippen LogP contribution is 2.25. The molecule has 2 aromatic carbocycles. The molecule has 1 atom stereocenters. The second-order valence-electron chi connectivity index (χ2n) is 6.51. The molecule has 8 heteroatoms. The van der Waals surface area contributed by atoms with Crippen LogP contribution in [-0.2, 0) is 20.6 Å². The summed E-state index contributed by atoms with van der Waals surface area (Å²) in [7, 11) is -2.10. The zero-order valence-electron chi connectivity index (χ0n) is 17.0. The quantitative estimate of drug-likeness (QED) is 0.547. The number of nitrogens with one attached hydrogen (secondary N) is 1. The maximum absolute atomic E-state index is 12.7. The number of amides is 1. The summed E-state index contributed by atoms with van der Waals surface area (Å²) >= 11 is 1.72. The van der Waals surface area contributed by atoms with Gasteiger partial charge in [-0.2, -0.15) is 11.8 Å². The molecule has 0 aliphatic heterocycles. The Hall–Kier alpha value is -2.19. The number of benzene rings is 2. The van der Waals surface area contributed by atoms with Crippen molar-refractivity contribution < 1.29 is 17.9 Å². The average molecular weight is 437 g/mol. The van der Waals surface area contributed by atoms with Crippen molar-refractivity contribution in [3.63, 3.8) is 0 Å². The van der Waals surface area contributed by atoms with Gasteiger partial charge in [-0.25, -0.2) is 8.42 Å². The predicted molar refractivity (Wildman–Crippen MR) is 120 cm³/mol. The summed E-state index contributed by atoms with van der Waals surface area (Å²) in [6.45, 7) is 2.28. The summed E-state index contributed by atoms with van der Waals surface area (Å²) in [5.74, 6) is 1.94. The molecule has 0 bridgehead atoms. The van der Waals surface area contributed by atoms with E-state index < -0.39 is 16.1 Å². The number of rotatable bonds is 11. The number of hydrogen-bond acceptors (Lipinski definition) is 5. The lowest BCUT2D eigenvalue weighted by Crippen LogP contribution is -2.49. The fourth-order valence-electron chi connectivity index (χ4n) is 2.92. The first-order valence-electron chi connectivity index (χ1n) is 9.39. The minimum absolute atomic E-state index is 0.297. The van der Waals surface area contributed by atoms with Crippen molar-refractivity contribution in [2.24, 2.45) is 0 Å². The molecule has 0 radical (unpaired) electrons. The van der Waals surface area contributed by atoms with Gasteiger partial charge in [0.2, 0.25) is 15.9 Å². The van der Waals surface area contributed by atoms with Crippen molar-refractivity contribution in [1.29, 1.82) is 0 Å². The molecule has 0 fully saturated rings. The van der Waals surface area contributed by atoms with Gasteiger partial charge in [0.25, 0.3) is 0 Å². The zero-order chi connectivity index (χ0) is 21.3. The molecule has 0 saturated heterocycles. The highest BCUT2D eigenvalue weighted by Gasteiger charge is 2.31. The summed E-state index contributed by atoms with van der Waals surface area (Å²) in [5.41, 5.74) is 1.67. The van der Waals surface area contributed by atoms with E-state index in [9.17, 15) is 13.2 Å². The number of anilines is 1. The van der Waals surface area contributed by atoms with Crippen molar-refractivity contribution in [3.05, 3.63) is 60.2 Å². The molecular weight excluding hydrogens is 408 g/mol. The van der Waals surface area contributed by atoms with E-state index in [-0.39, 0.29) is 5.91 Å².